The molecule has 0 amide bonds. The van der Waals surface area contributed by atoms with Crippen LogP contribution in [-0.4, -0.2) is 151 Å². The standard InChI is InChI=1S/B22H22I2/c1-12(2)17(11)20(18(13(3)4)14(5)6)21(22(23)24)19(15(7)8)16(9)10/h1-11H2. The van der Waals surface area contributed by atoms with Crippen LogP contribution in [0.1, 0.15) is 0 Å². The fraction of sp³-hybridized carbons (Fsp3) is 0. The van der Waals surface area contributed by atoms with Crippen LogP contribution in [0.3, 0.4) is 0 Å². The van der Waals surface area contributed by atoms with Gasteiger partial charge in [-0.1, -0.05) is 0 Å². The summed E-state index contributed by atoms with van der Waals surface area (Å²) in [7, 11) is 27.0. The molecule has 0 bridgehead atoms. The van der Waals surface area contributed by atoms with E-state index >= 15 is 0 Å². The van der Waals surface area contributed by atoms with E-state index in [1.807, 2.05) is 0 Å². The molecule has 0 aliphatic rings. The van der Waals surface area contributed by atoms with E-state index in [1.54, 1.807) is 0 Å². The van der Waals surface area contributed by atoms with Gasteiger partial charge in [0.05, 0.1) is 85.1 Å². The van der Waals surface area contributed by atoms with Crippen molar-refractivity contribution in [2.45, 2.75) is 0 Å². The molecule has 0 heterocycles. The summed E-state index contributed by atoms with van der Waals surface area (Å²) in [4.78, 5) is 0. The third-order valence-corrected chi connectivity index (χ3v) is 8.02. The third kappa shape index (κ3) is 7.72. The van der Waals surface area contributed by atoms with Crippen molar-refractivity contribution in [1.82, 2.24) is 0 Å². The molecule has 24 heteroatoms. The zero-order valence-electron chi connectivity index (χ0n) is 18.1. The molecule has 0 N–H and O–H groups in total. The first-order valence-electron chi connectivity index (χ1n) is 10.1. The highest BCUT2D eigenvalue weighted by atomic mass is 127. The molecule has 0 aromatic carbocycles. The van der Waals surface area contributed by atoms with Crippen LogP contribution in [0.4, 0.5) is 0 Å². The van der Waals surface area contributed by atoms with Gasteiger partial charge in [-0.05, 0) is 0 Å². The normalized spacial score (nSPS) is 9.42. The maximum atomic E-state index is 2.73. The number of rotatable bonds is 10. The van der Waals surface area contributed by atoms with Crippen LogP contribution in [0.15, 0.2) is 0 Å². The summed E-state index contributed by atoms with van der Waals surface area (Å²) in [5.41, 5.74) is 0. The second-order valence-corrected chi connectivity index (χ2v) is 14.8. The molecule has 0 saturated heterocycles. The van der Waals surface area contributed by atoms with Gasteiger partial charge in [-0.2, -0.15) is 0 Å². The van der Waals surface area contributed by atoms with Gasteiger partial charge in [0.1, 0.15) is 0 Å². The molecule has 0 atom stereocenters. The summed E-state index contributed by atoms with van der Waals surface area (Å²) in [6.07, 6.45) is 7.75. The lowest BCUT2D eigenvalue weighted by Crippen LogP contribution is -2.82. The summed E-state index contributed by atoms with van der Waals surface area (Å²) in [6.45, 7) is 0. The monoisotopic (exact) mass is 518 g/mol. The molecular weight excluding hydrogens is 492 g/mol. The van der Waals surface area contributed by atoms with Gasteiger partial charge in [0.25, 0.3) is 0 Å². The molecule has 0 aliphatic carbocycles. The molecule has 24 heavy (non-hydrogen) atoms. The average Bonchev–Trinajstić information content (AvgIpc) is 2.38. The number of hydrogen-bond acceptors (Lipinski definition) is 0. The lowest BCUT2D eigenvalue weighted by molar-refractivity contribution is 3.32. The molecule has 0 unspecified atom stereocenters. The van der Waals surface area contributed by atoms with E-state index < -0.39 is 0 Å². The molecule has 0 spiro atoms. The minimum atomic E-state index is 0.696. The second kappa shape index (κ2) is 12.5. The van der Waals surface area contributed by atoms with Crippen molar-refractivity contribution >= 4 is 196 Å². The Kier molecular flexibility index (Phi) is 13.9. The third-order valence-electron chi connectivity index (χ3n) is 6.36. The topological polar surface area (TPSA) is 0 Å². The van der Waals surface area contributed by atoms with E-state index in [0.717, 1.165) is 63.9 Å². The Balaban J connectivity index is 6.19. The highest BCUT2D eigenvalue weighted by Crippen LogP contribution is 2.18. The Morgan fingerprint density at radius 3 is 0.875 bits per heavy atom. The summed E-state index contributed by atoms with van der Waals surface area (Å²) < 4.78 is 0.696. The van der Waals surface area contributed by atoms with Crippen LogP contribution in [-0.2, 0) is 0 Å². The van der Waals surface area contributed by atoms with E-state index in [1.165, 1.54) is 0 Å². The maximum absolute atomic E-state index is 2.73. The average molecular weight is 514 g/mol. The Morgan fingerprint density at radius 2 is 0.667 bits per heavy atom. The molecule has 0 aromatic heterocycles. The molecule has 0 nitrogen and oxygen atoms in total. The van der Waals surface area contributed by atoms with Crippen molar-refractivity contribution in [2.75, 3.05) is 0 Å². The van der Waals surface area contributed by atoms with Crippen LogP contribution >= 0.6 is 44.7 Å². The predicted octanol–water partition coefficient (Wildman–Crippen LogP) is -12.5. The van der Waals surface area contributed by atoms with Crippen molar-refractivity contribution < 1.29 is 0 Å². The van der Waals surface area contributed by atoms with Gasteiger partial charge >= 0.3 is 0 Å². The molecule has 102 valence electrons. The van der Waals surface area contributed by atoms with Crippen molar-refractivity contribution in [3.8, 4) is 0 Å². The fourth-order valence-electron chi connectivity index (χ4n) is 5.31. The molecule has 0 saturated carbocycles. The minimum Gasteiger partial charge on any atom is -0.146 e. The zero-order chi connectivity index (χ0) is 19.4. The number of hydrogen-bond donors (Lipinski definition) is 0. The number of halogens is 2. The summed E-state index contributed by atoms with van der Waals surface area (Å²) >= 11 is 5.45. The van der Waals surface area contributed by atoms with Gasteiger partial charge < -0.3 is 0 Å². The van der Waals surface area contributed by atoms with E-state index in [0.29, 0.717) is 2.32 Å². The summed E-state index contributed by atoms with van der Waals surface area (Å²) in [5.74, 6) is 0. The first kappa shape index (κ1) is 26.9. The van der Waals surface area contributed by atoms with Gasteiger partial charge in [-0.25, -0.2) is 0 Å². The van der Waals surface area contributed by atoms with Crippen molar-refractivity contribution in [2.24, 2.45) is 0 Å². The molecular formula is H22B22I2. The quantitative estimate of drug-likeness (QED) is 0.201. The van der Waals surface area contributed by atoms with Crippen LogP contribution in [0.2, 0.25) is 0 Å². The van der Waals surface area contributed by atoms with Gasteiger partial charge in [0.15, 0.2) is 0 Å². The molecule has 0 aliphatic heterocycles. The van der Waals surface area contributed by atoms with Gasteiger partial charge in [-0.15, -0.1) is 44.7 Å². The maximum Gasteiger partial charge on any atom is 0.238 e. The highest BCUT2D eigenvalue weighted by Gasteiger charge is 2.50. The second-order valence-electron chi connectivity index (χ2n) is 9.72. The molecule has 0 radical (unpaired) electrons. The Bertz CT molecular complexity index is 315. The SMILES string of the molecule is BB(B)B(B)B(B(B(B)B)B(B)B)B(B(I)I)B(B(B)B)B(B)B. The predicted molar refractivity (Wildman–Crippen MR) is 185 cm³/mol. The van der Waals surface area contributed by atoms with E-state index in [9.17, 15) is 0 Å². The zero-order valence-corrected chi connectivity index (χ0v) is 22.4. The van der Waals surface area contributed by atoms with Gasteiger partial charge in [-0.3, -0.25) is 0 Å². The smallest absolute Gasteiger partial charge is 0.146 e. The van der Waals surface area contributed by atoms with Crippen LogP contribution in [0.5, 0.6) is 0 Å². The Labute approximate surface area is 194 Å². The van der Waals surface area contributed by atoms with Gasteiger partial charge in [0.2, 0.25) is 2.32 Å². The summed E-state index contributed by atoms with van der Waals surface area (Å²) in [6, 6.07) is 0. The van der Waals surface area contributed by atoms with E-state index in [-0.39, 0.29) is 0 Å². The van der Waals surface area contributed by atoms with Crippen LogP contribution < -0.4 is 0 Å². The minimum absolute atomic E-state index is 0.696. The molecule has 0 rings (SSSR count). The first-order valence-corrected chi connectivity index (χ1v) is 12.6. The highest BCUT2D eigenvalue weighted by molar-refractivity contribution is 14.3. The van der Waals surface area contributed by atoms with E-state index in [4.69, 9.17) is 0 Å². The van der Waals surface area contributed by atoms with E-state index in [2.05, 4.69) is 130 Å². The first-order chi connectivity index (χ1) is 10.8. The summed E-state index contributed by atoms with van der Waals surface area (Å²) in [5, 5.41) is 0. The van der Waals surface area contributed by atoms with Crippen LogP contribution in [0.25, 0.3) is 0 Å². The van der Waals surface area contributed by atoms with Crippen molar-refractivity contribution in [3.63, 3.8) is 0 Å². The Hall–Kier alpha value is 2.89. The van der Waals surface area contributed by atoms with Crippen molar-refractivity contribution in [3.05, 3.63) is 0 Å². The molecule has 0 fully saturated rings. The van der Waals surface area contributed by atoms with Gasteiger partial charge in [0, 0.05) is 63.9 Å². The lowest BCUT2D eigenvalue weighted by atomic mass is 8.39. The fourth-order valence-corrected chi connectivity index (χ4v) is 7.23. The molecule has 0 aromatic rings. The van der Waals surface area contributed by atoms with Crippen LogP contribution in [0, 0.1) is 0 Å². The lowest BCUT2D eigenvalue weighted by Gasteiger charge is -2.43. The Morgan fingerprint density at radius 1 is 0.375 bits per heavy atom. The largest absolute Gasteiger partial charge is 0.238 e. The van der Waals surface area contributed by atoms with Crippen molar-refractivity contribution in [1.29, 1.82) is 0 Å².